The Labute approximate surface area is 160 Å². The number of hydrogen-bond donors (Lipinski definition) is 1. The van der Waals surface area contributed by atoms with Crippen LogP contribution in [0.1, 0.15) is 40.7 Å². The number of piperidine rings is 1. The molecule has 2 aromatic rings. The molecule has 2 heterocycles. The number of furan rings is 1. The Hall–Kier alpha value is -2.82. The molecule has 1 aliphatic rings. The van der Waals surface area contributed by atoms with E-state index in [4.69, 9.17) is 4.42 Å². The smallest absolute Gasteiger partial charge is 0.257 e. The van der Waals surface area contributed by atoms with Gasteiger partial charge in [-0.25, -0.2) is 0 Å². The number of nitrogens with one attached hydrogen (secondary N) is 1. The van der Waals surface area contributed by atoms with Crippen LogP contribution < -0.4 is 5.32 Å². The van der Waals surface area contributed by atoms with Crippen molar-refractivity contribution < 1.29 is 14.0 Å². The van der Waals surface area contributed by atoms with Crippen molar-refractivity contribution in [2.24, 2.45) is 5.92 Å². The fourth-order valence-electron chi connectivity index (χ4n) is 3.61. The molecule has 0 saturated carbocycles. The quantitative estimate of drug-likeness (QED) is 0.797. The Morgan fingerprint density at radius 1 is 1.26 bits per heavy atom. The predicted molar refractivity (Wildman–Crippen MR) is 104 cm³/mol. The van der Waals surface area contributed by atoms with Gasteiger partial charge in [0.2, 0.25) is 5.91 Å². The van der Waals surface area contributed by atoms with Crippen LogP contribution in [0.25, 0.3) is 0 Å². The number of amides is 2. The normalized spacial score (nSPS) is 19.5. The third kappa shape index (κ3) is 4.48. The molecule has 0 aliphatic carbocycles. The van der Waals surface area contributed by atoms with Crippen LogP contribution in [-0.4, -0.2) is 36.3 Å². The van der Waals surface area contributed by atoms with Crippen molar-refractivity contribution in [3.05, 3.63) is 72.2 Å². The monoisotopic (exact) mass is 366 g/mol. The molecule has 2 atom stereocenters. The van der Waals surface area contributed by atoms with E-state index in [-0.39, 0.29) is 23.7 Å². The number of carbonyl (C=O) groups excluding carboxylic acids is 2. The first kappa shape index (κ1) is 19.0. The molecule has 142 valence electrons. The summed E-state index contributed by atoms with van der Waals surface area (Å²) >= 11 is 0. The van der Waals surface area contributed by atoms with E-state index in [0.29, 0.717) is 25.2 Å². The van der Waals surface area contributed by atoms with Crippen LogP contribution >= 0.6 is 0 Å². The van der Waals surface area contributed by atoms with Gasteiger partial charge < -0.3 is 14.6 Å². The van der Waals surface area contributed by atoms with Crippen molar-refractivity contribution in [2.45, 2.75) is 25.7 Å². The zero-order valence-corrected chi connectivity index (χ0v) is 15.7. The van der Waals surface area contributed by atoms with E-state index >= 15 is 0 Å². The molecule has 0 bridgehead atoms. The molecule has 5 heteroatoms. The van der Waals surface area contributed by atoms with Gasteiger partial charge in [-0.1, -0.05) is 37.3 Å². The maximum absolute atomic E-state index is 12.8. The van der Waals surface area contributed by atoms with Crippen molar-refractivity contribution in [1.29, 1.82) is 0 Å². The summed E-state index contributed by atoms with van der Waals surface area (Å²) in [5, 5.41) is 2.87. The molecule has 0 radical (unpaired) electrons. The third-order valence-corrected chi connectivity index (χ3v) is 5.16. The van der Waals surface area contributed by atoms with E-state index < -0.39 is 0 Å². The first-order chi connectivity index (χ1) is 13.1. The molecule has 27 heavy (non-hydrogen) atoms. The maximum Gasteiger partial charge on any atom is 0.257 e. The summed E-state index contributed by atoms with van der Waals surface area (Å²) in [5.74, 6) is -0.250. The predicted octanol–water partition coefficient (Wildman–Crippen LogP) is 3.39. The fraction of sp³-hybridized carbons (Fsp3) is 0.364. The Kier molecular flexibility index (Phi) is 6.12. The average Bonchev–Trinajstić information content (AvgIpc) is 3.26. The molecule has 0 unspecified atom stereocenters. The molecule has 1 aliphatic heterocycles. The van der Waals surface area contributed by atoms with Gasteiger partial charge in [-0.2, -0.15) is 0 Å². The third-order valence-electron chi connectivity index (χ3n) is 5.16. The van der Waals surface area contributed by atoms with Gasteiger partial charge in [-0.3, -0.25) is 9.59 Å². The molecular formula is C22H26N2O3. The summed E-state index contributed by atoms with van der Waals surface area (Å²) < 4.78 is 5.05. The van der Waals surface area contributed by atoms with E-state index in [1.54, 1.807) is 17.0 Å². The number of hydrogen-bond acceptors (Lipinski definition) is 3. The van der Waals surface area contributed by atoms with Crippen LogP contribution in [0.5, 0.6) is 0 Å². The van der Waals surface area contributed by atoms with Gasteiger partial charge in [-0.15, -0.1) is 6.58 Å². The van der Waals surface area contributed by atoms with Crippen LogP contribution in [0.4, 0.5) is 0 Å². The van der Waals surface area contributed by atoms with Crippen molar-refractivity contribution in [3.63, 3.8) is 0 Å². The minimum Gasteiger partial charge on any atom is -0.472 e. The van der Waals surface area contributed by atoms with Gasteiger partial charge >= 0.3 is 0 Å². The van der Waals surface area contributed by atoms with E-state index in [2.05, 4.69) is 43.1 Å². The number of aryl methyl sites for hydroxylation is 1. The number of rotatable bonds is 6. The molecule has 1 aromatic heterocycles. The molecule has 2 amide bonds. The molecule has 5 nitrogen and oxygen atoms in total. The van der Waals surface area contributed by atoms with Crippen LogP contribution in [0.15, 0.2) is 59.9 Å². The second kappa shape index (κ2) is 8.71. The zero-order valence-electron chi connectivity index (χ0n) is 15.7. The van der Waals surface area contributed by atoms with Gasteiger partial charge in [-0.05, 0) is 30.0 Å². The van der Waals surface area contributed by atoms with Crippen molar-refractivity contribution in [2.75, 3.05) is 19.6 Å². The van der Waals surface area contributed by atoms with Gasteiger partial charge in [0.15, 0.2) is 0 Å². The van der Waals surface area contributed by atoms with Crippen LogP contribution in [0.3, 0.4) is 0 Å². The largest absolute Gasteiger partial charge is 0.472 e. The van der Waals surface area contributed by atoms with E-state index in [1.165, 1.54) is 23.7 Å². The summed E-state index contributed by atoms with van der Waals surface area (Å²) in [4.78, 5) is 27.2. The molecule has 1 fully saturated rings. The second-order valence-corrected chi connectivity index (χ2v) is 6.98. The standard InChI is InChI=1S/C22H26N2O3/c1-3-10-23-21(25)20-12-19(17-7-5-16(4-2)6-8-17)13-24(14-20)22(26)18-9-11-27-15-18/h3,5-9,11,15,19-20H,1,4,10,12-14H2,2H3,(H,23,25)/t19-,20+/m1/s1. The van der Waals surface area contributed by atoms with E-state index in [9.17, 15) is 9.59 Å². The van der Waals surface area contributed by atoms with E-state index in [0.717, 1.165) is 12.8 Å². The number of likely N-dealkylation sites (tertiary alicyclic amines) is 1. The lowest BCUT2D eigenvalue weighted by Gasteiger charge is -2.37. The van der Waals surface area contributed by atoms with Gasteiger partial charge in [0.1, 0.15) is 6.26 Å². The number of carbonyl (C=O) groups is 2. The van der Waals surface area contributed by atoms with Crippen LogP contribution in [0.2, 0.25) is 0 Å². The Balaban J connectivity index is 1.82. The summed E-state index contributed by atoms with van der Waals surface area (Å²) in [6.45, 7) is 7.21. The number of nitrogens with zero attached hydrogens (tertiary/aromatic N) is 1. The molecule has 0 spiro atoms. The van der Waals surface area contributed by atoms with E-state index in [1.807, 2.05) is 0 Å². The molecule has 1 saturated heterocycles. The first-order valence-electron chi connectivity index (χ1n) is 9.41. The minimum atomic E-state index is -0.245. The summed E-state index contributed by atoms with van der Waals surface area (Å²) in [7, 11) is 0. The number of benzene rings is 1. The van der Waals surface area contributed by atoms with Gasteiger partial charge in [0.05, 0.1) is 17.7 Å². The van der Waals surface area contributed by atoms with Crippen LogP contribution in [0, 0.1) is 5.92 Å². The topological polar surface area (TPSA) is 62.6 Å². The second-order valence-electron chi connectivity index (χ2n) is 6.98. The zero-order chi connectivity index (χ0) is 19.2. The SMILES string of the molecule is C=CCNC(=O)[C@H]1C[C@@H](c2ccc(CC)cc2)CN(C(=O)c2ccoc2)C1. The Morgan fingerprint density at radius 3 is 2.67 bits per heavy atom. The molecule has 1 N–H and O–H groups in total. The lowest BCUT2D eigenvalue weighted by atomic mass is 9.83. The minimum absolute atomic E-state index is 0.0326. The summed E-state index contributed by atoms with van der Waals surface area (Å²) in [5.41, 5.74) is 2.96. The van der Waals surface area contributed by atoms with Gasteiger partial charge in [0.25, 0.3) is 5.91 Å². The molecule has 1 aromatic carbocycles. The summed E-state index contributed by atoms with van der Waals surface area (Å²) in [6, 6.07) is 10.1. The Bertz CT molecular complexity index is 780. The highest BCUT2D eigenvalue weighted by Crippen LogP contribution is 2.31. The lowest BCUT2D eigenvalue weighted by molar-refractivity contribution is -0.126. The van der Waals surface area contributed by atoms with Crippen LogP contribution in [-0.2, 0) is 11.2 Å². The lowest BCUT2D eigenvalue weighted by Crippen LogP contribution is -2.48. The van der Waals surface area contributed by atoms with Crippen molar-refractivity contribution in [3.8, 4) is 0 Å². The highest BCUT2D eigenvalue weighted by Gasteiger charge is 2.34. The van der Waals surface area contributed by atoms with Crippen molar-refractivity contribution >= 4 is 11.8 Å². The Morgan fingerprint density at radius 2 is 2.04 bits per heavy atom. The van der Waals surface area contributed by atoms with Crippen molar-refractivity contribution in [1.82, 2.24) is 10.2 Å². The first-order valence-corrected chi connectivity index (χ1v) is 9.41. The highest BCUT2D eigenvalue weighted by atomic mass is 16.3. The maximum atomic E-state index is 12.8. The fourth-order valence-corrected chi connectivity index (χ4v) is 3.61. The van der Waals surface area contributed by atoms with Gasteiger partial charge in [0, 0.05) is 25.6 Å². The summed E-state index contributed by atoms with van der Waals surface area (Å²) in [6.07, 6.45) is 6.32. The average molecular weight is 366 g/mol. The molecule has 3 rings (SSSR count). The highest BCUT2D eigenvalue weighted by molar-refractivity contribution is 5.94. The molecular weight excluding hydrogens is 340 g/mol.